The fourth-order valence-corrected chi connectivity index (χ4v) is 1.50. The number of nitrogens with two attached hydrogens (primary N) is 1. The Bertz CT molecular complexity index is 276. The molecule has 1 aliphatic rings. The maximum atomic E-state index is 5.74. The highest BCUT2D eigenvalue weighted by molar-refractivity contribution is 9.10. The van der Waals surface area contributed by atoms with Crippen molar-refractivity contribution in [3.05, 3.63) is 16.9 Å². The number of halogens is 1. The monoisotopic (exact) mass is 227 g/mol. The van der Waals surface area contributed by atoms with Gasteiger partial charge >= 0.3 is 0 Å². The second kappa shape index (κ2) is 2.94. The number of nitrogen functional groups attached to an aromatic ring is 1. The van der Waals surface area contributed by atoms with Gasteiger partial charge in [0.2, 0.25) is 0 Å². The Hall–Kier alpha value is -0.770. The van der Waals surface area contributed by atoms with E-state index >= 15 is 0 Å². The number of anilines is 2. The zero-order valence-corrected chi connectivity index (χ0v) is 8.13. The Kier molecular flexibility index (Phi) is 1.92. The third-order valence-corrected chi connectivity index (χ3v) is 2.46. The summed E-state index contributed by atoms with van der Waals surface area (Å²) in [5.74, 6) is 0. The quantitative estimate of drug-likeness (QED) is 0.813. The molecule has 64 valence electrons. The van der Waals surface area contributed by atoms with Gasteiger partial charge in [0.25, 0.3) is 0 Å². The van der Waals surface area contributed by atoms with Crippen LogP contribution in [0.3, 0.4) is 0 Å². The summed E-state index contributed by atoms with van der Waals surface area (Å²) >= 11 is 3.40. The number of hydrogen-bond donors (Lipinski definition) is 2. The first-order valence-corrected chi connectivity index (χ1v) is 4.72. The van der Waals surface area contributed by atoms with Gasteiger partial charge in [0.05, 0.1) is 22.0 Å². The van der Waals surface area contributed by atoms with Gasteiger partial charge in [-0.15, -0.1) is 0 Å². The van der Waals surface area contributed by atoms with Gasteiger partial charge in [-0.2, -0.15) is 0 Å². The first kappa shape index (κ1) is 7.86. The molecule has 1 fully saturated rings. The smallest absolute Gasteiger partial charge is 0.0752 e. The second-order valence-corrected chi connectivity index (χ2v) is 3.86. The van der Waals surface area contributed by atoms with Crippen LogP contribution in [0.4, 0.5) is 11.4 Å². The van der Waals surface area contributed by atoms with Crippen molar-refractivity contribution in [3.63, 3.8) is 0 Å². The predicted molar refractivity (Wildman–Crippen MR) is 53.0 cm³/mol. The zero-order valence-electron chi connectivity index (χ0n) is 6.55. The third kappa shape index (κ3) is 1.53. The van der Waals surface area contributed by atoms with E-state index in [-0.39, 0.29) is 0 Å². The summed E-state index contributed by atoms with van der Waals surface area (Å²) in [7, 11) is 0. The van der Waals surface area contributed by atoms with E-state index < -0.39 is 0 Å². The molecule has 2 rings (SSSR count). The minimum absolute atomic E-state index is 0.617. The van der Waals surface area contributed by atoms with Crippen molar-refractivity contribution in [3.8, 4) is 0 Å². The summed E-state index contributed by atoms with van der Waals surface area (Å²) < 4.78 is 0.939. The molecule has 1 aromatic rings. The number of pyridine rings is 1. The average Bonchev–Trinajstić information content (AvgIpc) is 2.80. The van der Waals surface area contributed by atoms with E-state index in [1.807, 2.05) is 0 Å². The molecule has 0 unspecified atom stereocenters. The molecule has 0 bridgehead atoms. The van der Waals surface area contributed by atoms with Crippen LogP contribution in [0.15, 0.2) is 16.9 Å². The first-order chi connectivity index (χ1) is 5.77. The van der Waals surface area contributed by atoms with Crippen LogP contribution < -0.4 is 11.1 Å². The van der Waals surface area contributed by atoms with Crippen LogP contribution in [0, 0.1) is 0 Å². The molecule has 0 spiro atoms. The van der Waals surface area contributed by atoms with Gasteiger partial charge in [0, 0.05) is 12.2 Å². The van der Waals surface area contributed by atoms with E-state index in [2.05, 4.69) is 26.2 Å². The van der Waals surface area contributed by atoms with Crippen LogP contribution in [0.2, 0.25) is 0 Å². The van der Waals surface area contributed by atoms with Gasteiger partial charge in [-0.05, 0) is 28.8 Å². The molecule has 0 amide bonds. The normalized spacial score (nSPS) is 16.1. The van der Waals surface area contributed by atoms with Gasteiger partial charge in [0.1, 0.15) is 0 Å². The van der Waals surface area contributed by atoms with Crippen molar-refractivity contribution >= 4 is 27.3 Å². The molecule has 1 aromatic heterocycles. The van der Waals surface area contributed by atoms with Crippen LogP contribution in [0.25, 0.3) is 0 Å². The third-order valence-electron chi connectivity index (χ3n) is 1.85. The lowest BCUT2D eigenvalue weighted by Gasteiger charge is -2.08. The van der Waals surface area contributed by atoms with Gasteiger partial charge in [-0.3, -0.25) is 4.98 Å². The lowest BCUT2D eigenvalue weighted by molar-refractivity contribution is 1.14. The molecule has 0 aromatic carbocycles. The lowest BCUT2D eigenvalue weighted by Crippen LogP contribution is -2.05. The lowest BCUT2D eigenvalue weighted by atomic mass is 10.3. The van der Waals surface area contributed by atoms with E-state index in [0.29, 0.717) is 11.7 Å². The molecule has 0 atom stereocenters. The molecular formula is C8H10BrN3. The summed E-state index contributed by atoms with van der Waals surface area (Å²) in [6, 6.07) is 0.617. The van der Waals surface area contributed by atoms with E-state index in [0.717, 1.165) is 10.2 Å². The topological polar surface area (TPSA) is 50.9 Å². The molecule has 3 N–H and O–H groups in total. The number of hydrogen-bond acceptors (Lipinski definition) is 3. The van der Waals surface area contributed by atoms with Crippen LogP contribution in [-0.4, -0.2) is 11.0 Å². The highest BCUT2D eigenvalue weighted by atomic mass is 79.9. The Balaban J connectivity index is 2.26. The number of rotatable bonds is 2. The van der Waals surface area contributed by atoms with E-state index in [1.165, 1.54) is 12.8 Å². The molecule has 3 nitrogen and oxygen atoms in total. The fourth-order valence-electron chi connectivity index (χ4n) is 1.03. The van der Waals surface area contributed by atoms with Crippen molar-refractivity contribution in [2.24, 2.45) is 0 Å². The maximum absolute atomic E-state index is 5.74. The highest BCUT2D eigenvalue weighted by Crippen LogP contribution is 2.32. The maximum Gasteiger partial charge on any atom is 0.0752 e. The van der Waals surface area contributed by atoms with E-state index in [1.54, 1.807) is 12.4 Å². The molecule has 0 aliphatic heterocycles. The van der Waals surface area contributed by atoms with Crippen LogP contribution in [0.5, 0.6) is 0 Å². The fraction of sp³-hybridized carbons (Fsp3) is 0.375. The summed E-state index contributed by atoms with van der Waals surface area (Å²) in [4.78, 5) is 3.96. The SMILES string of the molecule is Nc1cncc(Br)c1NC1CC1. The minimum atomic E-state index is 0.617. The minimum Gasteiger partial charge on any atom is -0.396 e. The van der Waals surface area contributed by atoms with Gasteiger partial charge in [-0.1, -0.05) is 0 Å². The summed E-state index contributed by atoms with van der Waals surface area (Å²) in [6.07, 6.45) is 5.90. The molecule has 0 saturated heterocycles. The van der Waals surface area contributed by atoms with E-state index in [9.17, 15) is 0 Å². The largest absolute Gasteiger partial charge is 0.396 e. The number of nitrogens with zero attached hydrogens (tertiary/aromatic N) is 1. The molecular weight excluding hydrogens is 218 g/mol. The molecule has 1 aliphatic carbocycles. The standard InChI is InChI=1S/C8H10BrN3/c9-6-3-11-4-7(10)8(6)12-5-1-2-5/h3-5H,1-2,10H2,(H,11,12). The van der Waals surface area contributed by atoms with Crippen LogP contribution in [-0.2, 0) is 0 Å². The summed E-state index contributed by atoms with van der Waals surface area (Å²) in [6.45, 7) is 0. The number of aromatic nitrogens is 1. The van der Waals surface area contributed by atoms with Crippen molar-refractivity contribution in [1.82, 2.24) is 4.98 Å². The van der Waals surface area contributed by atoms with Gasteiger partial charge in [-0.25, -0.2) is 0 Å². The Morgan fingerprint density at radius 2 is 2.25 bits per heavy atom. The molecule has 12 heavy (non-hydrogen) atoms. The summed E-state index contributed by atoms with van der Waals surface area (Å²) in [5.41, 5.74) is 7.43. The zero-order chi connectivity index (χ0) is 8.55. The average molecular weight is 228 g/mol. The highest BCUT2D eigenvalue weighted by Gasteiger charge is 2.22. The van der Waals surface area contributed by atoms with Gasteiger partial charge in [0.15, 0.2) is 0 Å². The van der Waals surface area contributed by atoms with Crippen molar-refractivity contribution in [1.29, 1.82) is 0 Å². The second-order valence-electron chi connectivity index (χ2n) is 3.00. The Morgan fingerprint density at radius 3 is 2.83 bits per heavy atom. The summed E-state index contributed by atoms with van der Waals surface area (Å²) in [5, 5.41) is 3.34. The predicted octanol–water partition coefficient (Wildman–Crippen LogP) is 2.00. The van der Waals surface area contributed by atoms with Crippen molar-refractivity contribution in [2.75, 3.05) is 11.1 Å². The molecule has 1 heterocycles. The van der Waals surface area contributed by atoms with Gasteiger partial charge < -0.3 is 11.1 Å². The number of nitrogens with one attached hydrogen (secondary N) is 1. The van der Waals surface area contributed by atoms with Crippen molar-refractivity contribution in [2.45, 2.75) is 18.9 Å². The Labute approximate surface area is 79.5 Å². The Morgan fingerprint density at radius 1 is 1.50 bits per heavy atom. The van der Waals surface area contributed by atoms with Crippen molar-refractivity contribution < 1.29 is 0 Å². The first-order valence-electron chi connectivity index (χ1n) is 3.93. The van der Waals surface area contributed by atoms with Crippen LogP contribution in [0.1, 0.15) is 12.8 Å². The van der Waals surface area contributed by atoms with Crippen LogP contribution >= 0.6 is 15.9 Å². The molecule has 0 radical (unpaired) electrons. The molecule has 4 heteroatoms. The molecule has 1 saturated carbocycles. The van der Waals surface area contributed by atoms with E-state index in [4.69, 9.17) is 5.73 Å².